The van der Waals surface area contributed by atoms with Gasteiger partial charge in [-0.05, 0) is 12.1 Å². The Morgan fingerprint density at radius 3 is 1.75 bits per heavy atom. The van der Waals surface area contributed by atoms with Crippen LogP contribution in [0.3, 0.4) is 0 Å². The third kappa shape index (κ3) is 1.60. The maximum Gasteiger partial charge on any atom is 0.0886 e. The zero-order chi connectivity index (χ0) is 8.81. The fourth-order valence-corrected chi connectivity index (χ4v) is 0.910. The van der Waals surface area contributed by atoms with E-state index in [-0.39, 0.29) is 0 Å². The van der Waals surface area contributed by atoms with E-state index in [1.54, 1.807) is 12.4 Å². The molecule has 1 aromatic heterocycles. The number of aromatic nitrogens is 2. The molecule has 4 nitrogen and oxygen atoms in total. The first-order valence-corrected chi connectivity index (χ1v) is 3.33. The van der Waals surface area contributed by atoms with Crippen LogP contribution < -0.4 is 0 Å². The van der Waals surface area contributed by atoms with Gasteiger partial charge in [0.25, 0.3) is 0 Å². The van der Waals surface area contributed by atoms with E-state index in [1.165, 1.54) is 0 Å². The molecule has 1 N–H and O–H groups in total. The minimum absolute atomic E-state index is 0.949. The van der Waals surface area contributed by atoms with E-state index in [0.29, 0.717) is 0 Å². The molecule has 0 aliphatic carbocycles. The van der Waals surface area contributed by atoms with Crippen LogP contribution in [0.1, 0.15) is 0 Å². The van der Waals surface area contributed by atoms with E-state index in [2.05, 4.69) is 15.6 Å². The van der Waals surface area contributed by atoms with E-state index in [9.17, 15) is 0 Å². The zero-order valence-corrected chi connectivity index (χ0v) is 6.27. The smallest absolute Gasteiger partial charge is 0.0886 e. The van der Waals surface area contributed by atoms with Gasteiger partial charge in [0.05, 0.1) is 11.0 Å². The van der Waals surface area contributed by atoms with Gasteiger partial charge in [-0.15, -0.1) is 0 Å². The fourth-order valence-electron chi connectivity index (χ4n) is 0.910. The molecule has 60 valence electrons. The van der Waals surface area contributed by atoms with E-state index >= 15 is 0 Å². The SMILES string of the molecule is N=O.c1ccc2nccnc2c1. The highest BCUT2D eigenvalue weighted by Gasteiger charge is 1.88. The summed E-state index contributed by atoms with van der Waals surface area (Å²) < 4.78 is 0. The van der Waals surface area contributed by atoms with Crippen molar-refractivity contribution in [1.29, 1.82) is 5.59 Å². The van der Waals surface area contributed by atoms with Crippen LogP contribution in [0.15, 0.2) is 36.7 Å². The second kappa shape index (κ2) is 4.12. The minimum atomic E-state index is 0.949. The molecular formula is C8H7N3O. The average Bonchev–Trinajstić information content (AvgIpc) is 2.21. The van der Waals surface area contributed by atoms with Gasteiger partial charge in [0, 0.05) is 12.4 Å². The highest BCUT2D eigenvalue weighted by molar-refractivity contribution is 5.72. The molecule has 0 unspecified atom stereocenters. The van der Waals surface area contributed by atoms with Gasteiger partial charge in [0.15, 0.2) is 0 Å². The third-order valence-electron chi connectivity index (χ3n) is 1.38. The molecule has 0 fully saturated rings. The number of nitrogens with one attached hydrogen (secondary N) is 1. The van der Waals surface area contributed by atoms with Crippen molar-refractivity contribution in [3.8, 4) is 0 Å². The Hall–Kier alpha value is -1.84. The van der Waals surface area contributed by atoms with Crippen LogP contribution in [0, 0.1) is 10.5 Å². The van der Waals surface area contributed by atoms with E-state index in [4.69, 9.17) is 4.91 Å². The van der Waals surface area contributed by atoms with Crippen molar-refractivity contribution in [1.82, 2.24) is 9.97 Å². The zero-order valence-electron chi connectivity index (χ0n) is 6.27. The highest BCUT2D eigenvalue weighted by Crippen LogP contribution is 2.04. The maximum atomic E-state index is 7.50. The van der Waals surface area contributed by atoms with Crippen LogP contribution in [-0.2, 0) is 0 Å². The molecule has 0 spiro atoms. The summed E-state index contributed by atoms with van der Waals surface area (Å²) >= 11 is 0. The normalized spacial score (nSPS) is 8.67. The van der Waals surface area contributed by atoms with Gasteiger partial charge in [-0.3, -0.25) is 9.97 Å². The average molecular weight is 161 g/mol. The molecule has 1 heterocycles. The molecule has 0 atom stereocenters. The van der Waals surface area contributed by atoms with Crippen LogP contribution in [0.4, 0.5) is 0 Å². The summed E-state index contributed by atoms with van der Waals surface area (Å²) in [7, 11) is 0. The lowest BCUT2D eigenvalue weighted by Crippen LogP contribution is -1.78. The number of nitroso groups, excluding NO2 is 1. The van der Waals surface area contributed by atoms with Crippen molar-refractivity contribution in [3.05, 3.63) is 41.6 Å². The molecule has 4 heteroatoms. The molecule has 0 bridgehead atoms. The predicted molar refractivity (Wildman–Crippen MR) is 45.6 cm³/mol. The molecule has 2 aromatic rings. The molecule has 0 amide bonds. The van der Waals surface area contributed by atoms with Crippen LogP contribution in [0.5, 0.6) is 0 Å². The van der Waals surface area contributed by atoms with Crippen LogP contribution in [0.25, 0.3) is 11.0 Å². The first-order valence-electron chi connectivity index (χ1n) is 3.33. The molecule has 0 aliphatic heterocycles. The van der Waals surface area contributed by atoms with Crippen molar-refractivity contribution in [3.63, 3.8) is 0 Å². The third-order valence-corrected chi connectivity index (χ3v) is 1.38. The number of para-hydroxylation sites is 2. The van der Waals surface area contributed by atoms with Gasteiger partial charge in [-0.1, -0.05) is 17.7 Å². The first kappa shape index (κ1) is 8.26. The van der Waals surface area contributed by atoms with E-state index < -0.39 is 0 Å². The molecule has 0 saturated heterocycles. The van der Waals surface area contributed by atoms with Crippen LogP contribution in [0.2, 0.25) is 0 Å². The van der Waals surface area contributed by atoms with Crippen molar-refractivity contribution in [2.24, 2.45) is 0 Å². The Balaban J connectivity index is 0.000000336. The standard InChI is InChI=1S/C8H6N2.HNO/c1-2-4-8-7(3-1)9-5-6-10-8;1-2/h1-6H;1H. The summed E-state index contributed by atoms with van der Waals surface area (Å²) in [6.07, 6.45) is 3.39. The van der Waals surface area contributed by atoms with E-state index in [1.807, 2.05) is 24.3 Å². The van der Waals surface area contributed by atoms with Gasteiger partial charge in [-0.2, -0.15) is 4.91 Å². The van der Waals surface area contributed by atoms with Gasteiger partial charge >= 0.3 is 0 Å². The van der Waals surface area contributed by atoms with Crippen molar-refractivity contribution in [2.45, 2.75) is 0 Å². The lowest BCUT2D eigenvalue weighted by Gasteiger charge is -1.90. The summed E-state index contributed by atoms with van der Waals surface area (Å²) in [6.45, 7) is 0. The Morgan fingerprint density at radius 1 is 0.917 bits per heavy atom. The van der Waals surface area contributed by atoms with Crippen molar-refractivity contribution < 1.29 is 0 Å². The molecule has 0 aliphatic rings. The lowest BCUT2D eigenvalue weighted by molar-refractivity contribution is 1.29. The van der Waals surface area contributed by atoms with Crippen molar-refractivity contribution in [2.75, 3.05) is 0 Å². The minimum Gasteiger partial charge on any atom is -0.253 e. The van der Waals surface area contributed by atoms with Gasteiger partial charge < -0.3 is 0 Å². The van der Waals surface area contributed by atoms with Gasteiger partial charge in [0.2, 0.25) is 0 Å². The highest BCUT2D eigenvalue weighted by atomic mass is 16.2. The monoisotopic (exact) mass is 161 g/mol. The predicted octanol–water partition coefficient (Wildman–Crippen LogP) is 1.96. The second-order valence-corrected chi connectivity index (χ2v) is 2.05. The Morgan fingerprint density at radius 2 is 1.33 bits per heavy atom. The summed E-state index contributed by atoms with van der Waals surface area (Å²) in [5.41, 5.74) is 6.40. The van der Waals surface area contributed by atoms with Gasteiger partial charge in [-0.25, -0.2) is 0 Å². The summed E-state index contributed by atoms with van der Waals surface area (Å²) in [4.78, 5) is 15.7. The molecular weight excluding hydrogens is 154 g/mol. The van der Waals surface area contributed by atoms with Crippen LogP contribution in [-0.4, -0.2) is 9.97 Å². The second-order valence-electron chi connectivity index (χ2n) is 2.05. The quantitative estimate of drug-likeness (QED) is 0.600. The topological polar surface area (TPSA) is 66.7 Å². The summed E-state index contributed by atoms with van der Waals surface area (Å²) in [5.74, 6) is 0. The maximum absolute atomic E-state index is 7.50. The Labute approximate surface area is 69.0 Å². The summed E-state index contributed by atoms with van der Waals surface area (Å²) in [5, 5.41) is 0. The Bertz CT molecular complexity index is 299. The summed E-state index contributed by atoms with van der Waals surface area (Å²) in [6, 6.07) is 7.80. The molecule has 0 radical (unpaired) electrons. The lowest BCUT2D eigenvalue weighted by atomic mass is 10.3. The fraction of sp³-hybridized carbons (Fsp3) is 0. The first-order chi connectivity index (χ1) is 5.97. The number of hydrogen-bond acceptors (Lipinski definition) is 4. The van der Waals surface area contributed by atoms with Gasteiger partial charge in [0.1, 0.15) is 0 Å². The number of fused-ring (bicyclic) bond motifs is 1. The number of nitrogens with zero attached hydrogens (tertiary/aromatic N) is 2. The van der Waals surface area contributed by atoms with Crippen molar-refractivity contribution >= 4 is 11.0 Å². The van der Waals surface area contributed by atoms with E-state index in [0.717, 1.165) is 11.0 Å². The molecule has 2 rings (SSSR count). The number of rotatable bonds is 0. The van der Waals surface area contributed by atoms with Crippen LogP contribution >= 0.6 is 0 Å². The number of hydrogen-bond donors (Lipinski definition) is 1. The molecule has 0 saturated carbocycles. The largest absolute Gasteiger partial charge is 0.253 e. The number of benzene rings is 1. The molecule has 12 heavy (non-hydrogen) atoms. The Kier molecular flexibility index (Phi) is 2.84. The molecule has 1 aromatic carbocycles.